The molecule has 1 heterocycles. The number of likely N-dealkylation sites (N-methyl/N-ethyl adjacent to an activating group) is 1. The lowest BCUT2D eigenvalue weighted by molar-refractivity contribution is 0.0303. The van der Waals surface area contributed by atoms with Crippen molar-refractivity contribution >= 4 is 28.3 Å². The molecule has 7 nitrogen and oxygen atoms in total. The summed E-state index contributed by atoms with van der Waals surface area (Å²) in [7, 11) is -3.58. The Balaban J connectivity index is 0.00000312. The molecule has 2 rings (SSSR count). The van der Waals surface area contributed by atoms with Gasteiger partial charge in [-0.05, 0) is 37.7 Å². The minimum Gasteiger partial charge on any atom is -0.378 e. The fraction of sp³-hybridized carbons (Fsp3) is 0.562. The SMILES string of the molecule is CCN[C@H](C)CNS(=O)(=O)c1ccc(C(=O)N2CCOCC2)cc1.Cl. The first-order chi connectivity index (χ1) is 11.4. The van der Waals surface area contributed by atoms with E-state index >= 15 is 0 Å². The van der Waals surface area contributed by atoms with E-state index in [1.807, 2.05) is 13.8 Å². The van der Waals surface area contributed by atoms with Gasteiger partial charge in [0, 0.05) is 31.2 Å². The summed E-state index contributed by atoms with van der Waals surface area (Å²) < 4.78 is 32.3. The molecule has 0 radical (unpaired) electrons. The Morgan fingerprint density at radius 1 is 1.24 bits per heavy atom. The van der Waals surface area contributed by atoms with E-state index in [9.17, 15) is 13.2 Å². The zero-order valence-electron chi connectivity index (χ0n) is 14.5. The number of hydrogen-bond acceptors (Lipinski definition) is 5. The van der Waals surface area contributed by atoms with Crippen molar-refractivity contribution in [3.05, 3.63) is 29.8 Å². The Hall–Kier alpha value is -1.19. The van der Waals surface area contributed by atoms with Crippen molar-refractivity contribution in [2.75, 3.05) is 39.4 Å². The van der Waals surface area contributed by atoms with Crippen molar-refractivity contribution < 1.29 is 17.9 Å². The average Bonchev–Trinajstić information content (AvgIpc) is 2.61. The van der Waals surface area contributed by atoms with Gasteiger partial charge >= 0.3 is 0 Å². The maximum absolute atomic E-state index is 12.3. The van der Waals surface area contributed by atoms with Crippen LogP contribution in [0.4, 0.5) is 0 Å². The molecule has 0 bridgehead atoms. The summed E-state index contributed by atoms with van der Waals surface area (Å²) in [4.78, 5) is 14.2. The van der Waals surface area contributed by atoms with Gasteiger partial charge in [0.2, 0.25) is 10.0 Å². The molecule has 2 N–H and O–H groups in total. The van der Waals surface area contributed by atoms with E-state index in [0.29, 0.717) is 38.4 Å². The van der Waals surface area contributed by atoms with Crippen molar-refractivity contribution in [1.82, 2.24) is 14.9 Å². The predicted octanol–water partition coefficient (Wildman–Crippen LogP) is 0.857. The van der Waals surface area contributed by atoms with E-state index in [4.69, 9.17) is 4.74 Å². The minimum absolute atomic E-state index is 0. The second-order valence-electron chi connectivity index (χ2n) is 5.74. The molecule has 0 saturated carbocycles. The summed E-state index contributed by atoms with van der Waals surface area (Å²) in [6.45, 7) is 7.15. The van der Waals surface area contributed by atoms with Gasteiger partial charge in [-0.1, -0.05) is 6.92 Å². The largest absolute Gasteiger partial charge is 0.378 e. The number of amides is 1. The molecule has 142 valence electrons. The standard InChI is InChI=1S/C16H25N3O4S.ClH/c1-3-17-13(2)12-18-24(21,22)15-6-4-14(5-7-15)16(20)19-8-10-23-11-9-19;/h4-7,13,17-18H,3,8-12H2,1-2H3;1H/t13-;/m1./s1. The quantitative estimate of drug-likeness (QED) is 0.719. The second-order valence-corrected chi connectivity index (χ2v) is 7.51. The topological polar surface area (TPSA) is 87.7 Å². The number of ether oxygens (including phenoxy) is 1. The van der Waals surface area contributed by atoms with Gasteiger partial charge in [0.15, 0.2) is 0 Å². The number of carbonyl (C=O) groups excluding carboxylic acids is 1. The minimum atomic E-state index is -3.58. The number of halogens is 1. The van der Waals surface area contributed by atoms with Gasteiger partial charge < -0.3 is 15.0 Å². The molecule has 25 heavy (non-hydrogen) atoms. The lowest BCUT2D eigenvalue weighted by atomic mass is 10.2. The predicted molar refractivity (Wildman–Crippen MR) is 98.7 cm³/mol. The maximum atomic E-state index is 12.3. The monoisotopic (exact) mass is 391 g/mol. The molecule has 0 aromatic heterocycles. The highest BCUT2D eigenvalue weighted by Gasteiger charge is 2.20. The highest BCUT2D eigenvalue weighted by atomic mass is 35.5. The van der Waals surface area contributed by atoms with E-state index < -0.39 is 10.0 Å². The molecular formula is C16H26ClN3O4S. The molecule has 1 aromatic carbocycles. The average molecular weight is 392 g/mol. The zero-order valence-corrected chi connectivity index (χ0v) is 16.2. The van der Waals surface area contributed by atoms with Gasteiger partial charge in [-0.25, -0.2) is 13.1 Å². The smallest absolute Gasteiger partial charge is 0.254 e. The number of morpholine rings is 1. The second kappa shape index (κ2) is 10.1. The molecule has 1 aliphatic rings. The zero-order chi connectivity index (χ0) is 17.6. The van der Waals surface area contributed by atoms with Crippen LogP contribution < -0.4 is 10.0 Å². The van der Waals surface area contributed by atoms with Crippen molar-refractivity contribution in [1.29, 1.82) is 0 Å². The molecule has 0 unspecified atom stereocenters. The summed E-state index contributed by atoms with van der Waals surface area (Å²) in [5, 5.41) is 3.14. The molecule has 1 aromatic rings. The summed E-state index contributed by atoms with van der Waals surface area (Å²) in [5.41, 5.74) is 0.483. The van der Waals surface area contributed by atoms with Gasteiger partial charge in [-0.15, -0.1) is 12.4 Å². The van der Waals surface area contributed by atoms with Crippen LogP contribution in [-0.2, 0) is 14.8 Å². The third-order valence-electron chi connectivity index (χ3n) is 3.84. The van der Waals surface area contributed by atoms with E-state index in [1.165, 1.54) is 12.1 Å². The van der Waals surface area contributed by atoms with E-state index in [0.717, 1.165) is 6.54 Å². The van der Waals surface area contributed by atoms with Crippen LogP contribution in [0.5, 0.6) is 0 Å². The molecule has 1 fully saturated rings. The van der Waals surface area contributed by atoms with Crippen LogP contribution in [0.25, 0.3) is 0 Å². The first kappa shape index (κ1) is 21.9. The first-order valence-electron chi connectivity index (χ1n) is 8.14. The van der Waals surface area contributed by atoms with Crippen LogP contribution >= 0.6 is 12.4 Å². The third-order valence-corrected chi connectivity index (χ3v) is 5.28. The van der Waals surface area contributed by atoms with Crippen molar-refractivity contribution in [3.8, 4) is 0 Å². The summed E-state index contributed by atoms with van der Waals surface area (Å²) in [6, 6.07) is 6.09. The lowest BCUT2D eigenvalue weighted by Gasteiger charge is -2.26. The number of rotatable bonds is 7. The number of nitrogens with one attached hydrogen (secondary N) is 2. The molecule has 0 spiro atoms. The molecular weight excluding hydrogens is 366 g/mol. The van der Waals surface area contributed by atoms with Crippen LogP contribution in [0.1, 0.15) is 24.2 Å². The van der Waals surface area contributed by atoms with Gasteiger partial charge in [0.05, 0.1) is 18.1 Å². The van der Waals surface area contributed by atoms with E-state index in [2.05, 4.69) is 10.0 Å². The maximum Gasteiger partial charge on any atom is 0.254 e. The van der Waals surface area contributed by atoms with Crippen molar-refractivity contribution in [3.63, 3.8) is 0 Å². The van der Waals surface area contributed by atoms with Crippen LogP contribution in [-0.4, -0.2) is 64.7 Å². The van der Waals surface area contributed by atoms with Crippen LogP contribution in [0.2, 0.25) is 0 Å². The number of benzene rings is 1. The Morgan fingerprint density at radius 3 is 2.40 bits per heavy atom. The number of hydrogen-bond donors (Lipinski definition) is 2. The fourth-order valence-electron chi connectivity index (χ4n) is 2.46. The van der Waals surface area contributed by atoms with Crippen LogP contribution in [0, 0.1) is 0 Å². The highest BCUT2D eigenvalue weighted by molar-refractivity contribution is 7.89. The third kappa shape index (κ3) is 6.23. The molecule has 1 atom stereocenters. The van der Waals surface area contributed by atoms with Gasteiger partial charge in [0.1, 0.15) is 0 Å². The fourth-order valence-corrected chi connectivity index (χ4v) is 3.59. The molecule has 1 aliphatic heterocycles. The summed E-state index contributed by atoms with van der Waals surface area (Å²) in [5.74, 6) is -0.101. The Morgan fingerprint density at radius 2 is 1.84 bits per heavy atom. The van der Waals surface area contributed by atoms with Crippen LogP contribution in [0.15, 0.2) is 29.2 Å². The summed E-state index contributed by atoms with van der Waals surface area (Å²) >= 11 is 0. The number of carbonyl (C=O) groups is 1. The first-order valence-corrected chi connectivity index (χ1v) is 9.62. The van der Waals surface area contributed by atoms with Gasteiger partial charge in [-0.3, -0.25) is 4.79 Å². The normalized spacial score (nSPS) is 16.2. The van der Waals surface area contributed by atoms with E-state index in [1.54, 1.807) is 17.0 Å². The van der Waals surface area contributed by atoms with Crippen molar-refractivity contribution in [2.45, 2.75) is 24.8 Å². The molecule has 1 saturated heterocycles. The molecule has 1 amide bonds. The molecule has 0 aliphatic carbocycles. The van der Waals surface area contributed by atoms with Gasteiger partial charge in [0.25, 0.3) is 5.91 Å². The highest BCUT2D eigenvalue weighted by Crippen LogP contribution is 2.13. The Labute approximate surface area is 155 Å². The van der Waals surface area contributed by atoms with Crippen molar-refractivity contribution in [2.24, 2.45) is 0 Å². The Kier molecular flexibility index (Phi) is 8.81. The number of nitrogens with zero attached hydrogens (tertiary/aromatic N) is 1. The summed E-state index contributed by atoms with van der Waals surface area (Å²) in [6.07, 6.45) is 0. The number of sulfonamides is 1. The lowest BCUT2D eigenvalue weighted by Crippen LogP contribution is -2.40. The van der Waals surface area contributed by atoms with Gasteiger partial charge in [-0.2, -0.15) is 0 Å². The van der Waals surface area contributed by atoms with E-state index in [-0.39, 0.29) is 29.3 Å². The molecule has 9 heteroatoms. The van der Waals surface area contributed by atoms with Crippen LogP contribution in [0.3, 0.4) is 0 Å². The Bertz CT molecular complexity index is 646.